The zero-order valence-corrected chi connectivity index (χ0v) is 16.5. The number of halogens is 2. The molecule has 0 radical (unpaired) electrons. The topological polar surface area (TPSA) is 54.5 Å². The van der Waals surface area contributed by atoms with Crippen molar-refractivity contribution in [2.75, 3.05) is 19.6 Å². The molecule has 0 N–H and O–H groups in total. The van der Waals surface area contributed by atoms with E-state index in [-0.39, 0.29) is 18.1 Å². The Balaban J connectivity index is 1.59. The normalized spacial score (nSPS) is 16.5. The van der Waals surface area contributed by atoms with Gasteiger partial charge in [-0.15, -0.1) is 0 Å². The molecule has 0 aliphatic carbocycles. The van der Waals surface area contributed by atoms with Crippen molar-refractivity contribution in [3.63, 3.8) is 0 Å². The summed E-state index contributed by atoms with van der Waals surface area (Å²) in [6, 6.07) is 12.2. The van der Waals surface area contributed by atoms with E-state index < -0.39 is 15.1 Å². The number of rotatable bonds is 5. The molecule has 1 saturated heterocycles. The highest BCUT2D eigenvalue weighted by Gasteiger charge is 2.31. The Morgan fingerprint density at radius 3 is 2.19 bits per heavy atom. The number of benzene rings is 2. The first kappa shape index (κ1) is 19.2. The first-order valence-electron chi connectivity index (χ1n) is 8.37. The standard InChI is InChI=1S/C19H19BrFNO3S/c20-15-3-7-17(8-4-15)26(24,25)18-9-11-22(12-10-18)13-19(23)14-1-5-16(21)6-2-14/h1-8,18H,9-13H2. The fraction of sp³-hybridized carbons (Fsp3) is 0.316. The number of carbonyl (C=O) groups is 1. The second-order valence-corrected chi connectivity index (χ2v) is 9.55. The van der Waals surface area contributed by atoms with Crippen LogP contribution >= 0.6 is 15.9 Å². The van der Waals surface area contributed by atoms with Crippen LogP contribution in [0, 0.1) is 5.82 Å². The van der Waals surface area contributed by atoms with Gasteiger partial charge in [-0.05, 0) is 74.5 Å². The van der Waals surface area contributed by atoms with Crippen LogP contribution in [-0.4, -0.2) is 44.0 Å². The van der Waals surface area contributed by atoms with Gasteiger partial charge < -0.3 is 0 Å². The Morgan fingerprint density at radius 1 is 1.04 bits per heavy atom. The minimum atomic E-state index is -3.36. The number of nitrogens with zero attached hydrogens (tertiary/aromatic N) is 1. The molecular weight excluding hydrogens is 421 g/mol. The van der Waals surface area contributed by atoms with Gasteiger partial charge in [0.25, 0.3) is 0 Å². The van der Waals surface area contributed by atoms with Gasteiger partial charge in [0.1, 0.15) is 5.82 Å². The highest BCUT2D eigenvalue weighted by molar-refractivity contribution is 9.10. The van der Waals surface area contributed by atoms with E-state index in [1.165, 1.54) is 24.3 Å². The molecule has 2 aromatic carbocycles. The van der Waals surface area contributed by atoms with Gasteiger partial charge in [-0.25, -0.2) is 12.8 Å². The van der Waals surface area contributed by atoms with E-state index in [9.17, 15) is 17.6 Å². The second-order valence-electron chi connectivity index (χ2n) is 6.40. The summed E-state index contributed by atoms with van der Waals surface area (Å²) in [6.07, 6.45) is 0.990. The Morgan fingerprint density at radius 2 is 1.62 bits per heavy atom. The molecule has 1 fully saturated rings. The summed E-state index contributed by atoms with van der Waals surface area (Å²) in [5.41, 5.74) is 0.469. The summed E-state index contributed by atoms with van der Waals surface area (Å²) in [5, 5.41) is -0.430. The molecule has 0 aromatic heterocycles. The largest absolute Gasteiger partial charge is 0.296 e. The number of piperidine rings is 1. The lowest BCUT2D eigenvalue weighted by atomic mass is 10.1. The molecule has 4 nitrogen and oxygen atoms in total. The monoisotopic (exact) mass is 439 g/mol. The van der Waals surface area contributed by atoms with Gasteiger partial charge in [-0.2, -0.15) is 0 Å². The Bertz CT molecular complexity index is 874. The number of Topliss-reactive ketones (excluding diaryl/α,β-unsaturated/α-hetero) is 1. The van der Waals surface area contributed by atoms with Gasteiger partial charge in [0.15, 0.2) is 15.6 Å². The predicted molar refractivity (Wildman–Crippen MR) is 102 cm³/mol. The first-order valence-corrected chi connectivity index (χ1v) is 10.7. The molecule has 2 aromatic rings. The average Bonchev–Trinajstić information content (AvgIpc) is 2.63. The third-order valence-electron chi connectivity index (χ3n) is 4.65. The van der Waals surface area contributed by atoms with Crippen molar-refractivity contribution in [2.24, 2.45) is 0 Å². The summed E-state index contributed by atoms with van der Waals surface area (Å²) >= 11 is 3.31. The SMILES string of the molecule is O=C(CN1CCC(S(=O)(=O)c2ccc(Br)cc2)CC1)c1ccc(F)cc1. The van der Waals surface area contributed by atoms with E-state index >= 15 is 0 Å². The quantitative estimate of drug-likeness (QED) is 0.666. The van der Waals surface area contributed by atoms with E-state index in [0.717, 1.165) is 4.47 Å². The van der Waals surface area contributed by atoms with Crippen LogP contribution < -0.4 is 0 Å². The van der Waals surface area contributed by atoms with Crippen LogP contribution in [-0.2, 0) is 9.84 Å². The number of likely N-dealkylation sites (tertiary alicyclic amines) is 1. The molecule has 0 bridgehead atoms. The van der Waals surface area contributed by atoms with Gasteiger partial charge in [-0.1, -0.05) is 15.9 Å². The van der Waals surface area contributed by atoms with Crippen LogP contribution in [0.5, 0.6) is 0 Å². The molecule has 1 aliphatic heterocycles. The van der Waals surface area contributed by atoms with Crippen molar-refractivity contribution in [3.8, 4) is 0 Å². The van der Waals surface area contributed by atoms with Gasteiger partial charge in [-0.3, -0.25) is 9.69 Å². The van der Waals surface area contributed by atoms with Crippen LogP contribution in [0.2, 0.25) is 0 Å². The van der Waals surface area contributed by atoms with Gasteiger partial charge in [0, 0.05) is 10.0 Å². The maximum absolute atomic E-state index is 12.9. The van der Waals surface area contributed by atoms with E-state index in [1.807, 2.05) is 4.90 Å². The Hall–Kier alpha value is -1.57. The van der Waals surface area contributed by atoms with E-state index in [0.29, 0.717) is 36.4 Å². The predicted octanol–water partition coefficient (Wildman–Crippen LogP) is 3.71. The number of hydrogen-bond donors (Lipinski definition) is 0. The summed E-state index contributed by atoms with van der Waals surface area (Å²) < 4.78 is 39.3. The van der Waals surface area contributed by atoms with Gasteiger partial charge >= 0.3 is 0 Å². The molecule has 0 saturated carbocycles. The number of carbonyl (C=O) groups excluding carboxylic acids is 1. The molecule has 1 aliphatic rings. The average molecular weight is 440 g/mol. The van der Waals surface area contributed by atoms with Crippen LogP contribution in [0.25, 0.3) is 0 Å². The summed E-state index contributed by atoms with van der Waals surface area (Å²) in [5.74, 6) is -0.459. The highest BCUT2D eigenvalue weighted by Crippen LogP contribution is 2.25. The molecular formula is C19H19BrFNO3S. The zero-order chi connectivity index (χ0) is 18.7. The van der Waals surface area contributed by atoms with Crippen LogP contribution in [0.1, 0.15) is 23.2 Å². The maximum Gasteiger partial charge on any atom is 0.181 e. The highest BCUT2D eigenvalue weighted by atomic mass is 79.9. The number of hydrogen-bond acceptors (Lipinski definition) is 4. The lowest BCUT2D eigenvalue weighted by molar-refractivity contribution is 0.0916. The van der Waals surface area contributed by atoms with Crippen LogP contribution in [0.4, 0.5) is 4.39 Å². The minimum Gasteiger partial charge on any atom is -0.296 e. The first-order chi connectivity index (χ1) is 12.4. The lowest BCUT2D eigenvalue weighted by Gasteiger charge is -2.31. The minimum absolute atomic E-state index is 0.0841. The third-order valence-corrected chi connectivity index (χ3v) is 7.46. The number of sulfone groups is 1. The molecule has 26 heavy (non-hydrogen) atoms. The van der Waals surface area contributed by atoms with Crippen molar-refractivity contribution in [1.29, 1.82) is 0 Å². The molecule has 0 amide bonds. The van der Waals surface area contributed by atoms with Crippen molar-refractivity contribution in [1.82, 2.24) is 4.90 Å². The molecule has 1 heterocycles. The fourth-order valence-corrected chi connectivity index (χ4v) is 5.12. The van der Waals surface area contributed by atoms with E-state index in [2.05, 4.69) is 15.9 Å². The van der Waals surface area contributed by atoms with Gasteiger partial charge in [0.05, 0.1) is 16.7 Å². The molecule has 0 unspecified atom stereocenters. The summed E-state index contributed by atoms with van der Waals surface area (Å²) in [7, 11) is -3.36. The van der Waals surface area contributed by atoms with Crippen molar-refractivity contribution in [2.45, 2.75) is 23.0 Å². The maximum atomic E-state index is 12.9. The Labute approximate surface area is 161 Å². The van der Waals surface area contributed by atoms with Crippen molar-refractivity contribution < 1.29 is 17.6 Å². The summed E-state index contributed by atoms with van der Waals surface area (Å²) in [6.45, 7) is 1.32. The van der Waals surface area contributed by atoms with E-state index in [4.69, 9.17) is 0 Å². The molecule has 3 rings (SSSR count). The molecule has 0 atom stereocenters. The third kappa shape index (κ3) is 4.39. The molecule has 7 heteroatoms. The number of ketones is 1. The van der Waals surface area contributed by atoms with Crippen LogP contribution in [0.3, 0.4) is 0 Å². The smallest absolute Gasteiger partial charge is 0.181 e. The van der Waals surface area contributed by atoms with Crippen LogP contribution in [0.15, 0.2) is 57.9 Å². The van der Waals surface area contributed by atoms with E-state index in [1.54, 1.807) is 24.3 Å². The summed E-state index contributed by atoms with van der Waals surface area (Å²) in [4.78, 5) is 14.6. The lowest BCUT2D eigenvalue weighted by Crippen LogP contribution is -2.41. The second kappa shape index (κ2) is 7.98. The molecule has 0 spiro atoms. The van der Waals surface area contributed by atoms with Gasteiger partial charge in [0.2, 0.25) is 0 Å². The molecule has 138 valence electrons. The van der Waals surface area contributed by atoms with Crippen molar-refractivity contribution >= 4 is 31.6 Å². The fourth-order valence-electron chi connectivity index (χ4n) is 3.12. The van der Waals surface area contributed by atoms with Crippen molar-refractivity contribution in [3.05, 3.63) is 64.4 Å². The zero-order valence-electron chi connectivity index (χ0n) is 14.1. The Kier molecular flexibility index (Phi) is 5.89.